The highest BCUT2D eigenvalue weighted by Gasteiger charge is 2.28. The maximum absolute atomic E-state index is 11.3. The zero-order valence-electron chi connectivity index (χ0n) is 12.5. The minimum atomic E-state index is 0.112. The van der Waals surface area contributed by atoms with Crippen molar-refractivity contribution < 1.29 is 14.3 Å². The third kappa shape index (κ3) is 2.89. The molecule has 1 aromatic carbocycles. The molecular weight excluding hydrogens is 254 g/mol. The first kappa shape index (κ1) is 14.7. The monoisotopic (exact) mass is 277 g/mol. The highest BCUT2D eigenvalue weighted by molar-refractivity contribution is 5.75. The quantitative estimate of drug-likeness (QED) is 0.869. The first-order chi connectivity index (χ1) is 9.71. The fourth-order valence-electron chi connectivity index (χ4n) is 2.93. The predicted molar refractivity (Wildman–Crippen MR) is 78.5 cm³/mol. The lowest BCUT2D eigenvalue weighted by molar-refractivity contribution is -0.120. The number of nitrogens with one attached hydrogen (secondary N) is 1. The van der Waals surface area contributed by atoms with E-state index in [0.717, 1.165) is 37.3 Å². The Bertz CT molecular complexity index is 485. The van der Waals surface area contributed by atoms with E-state index in [1.807, 2.05) is 13.0 Å². The van der Waals surface area contributed by atoms with E-state index >= 15 is 0 Å². The average molecular weight is 277 g/mol. The maximum Gasteiger partial charge on any atom is 0.219 e. The van der Waals surface area contributed by atoms with Gasteiger partial charge in [-0.3, -0.25) is 4.79 Å². The van der Waals surface area contributed by atoms with Crippen LogP contribution in [0.3, 0.4) is 0 Å². The molecule has 1 aromatic rings. The molecule has 2 rings (SSSR count). The molecular formula is C16H23NO3. The third-order valence-corrected chi connectivity index (χ3v) is 3.98. The molecule has 0 saturated carbocycles. The van der Waals surface area contributed by atoms with Gasteiger partial charge in [-0.25, -0.2) is 0 Å². The molecule has 1 amide bonds. The molecule has 0 saturated heterocycles. The van der Waals surface area contributed by atoms with Crippen LogP contribution in [0.4, 0.5) is 0 Å². The standard InChI is InChI=1S/C16H23NO3/c1-4-14(18)17-10-9-12-6-5-11-7-8-13(19-2)16(20-3)15(11)12/h7-8,12H,4-6,9-10H2,1-3H3,(H,17,18)/t12-/m0/s1. The first-order valence-corrected chi connectivity index (χ1v) is 7.21. The van der Waals surface area contributed by atoms with Crippen LogP contribution in [0.1, 0.15) is 43.2 Å². The highest BCUT2D eigenvalue weighted by atomic mass is 16.5. The second kappa shape index (κ2) is 6.64. The molecule has 4 heteroatoms. The summed E-state index contributed by atoms with van der Waals surface area (Å²) in [5.41, 5.74) is 2.60. The van der Waals surface area contributed by atoms with Crippen molar-refractivity contribution in [3.63, 3.8) is 0 Å². The Kier molecular flexibility index (Phi) is 4.88. The largest absolute Gasteiger partial charge is 0.493 e. The predicted octanol–water partition coefficient (Wildman–Crippen LogP) is 2.65. The lowest BCUT2D eigenvalue weighted by Gasteiger charge is -2.17. The summed E-state index contributed by atoms with van der Waals surface area (Å²) in [6.45, 7) is 2.59. The van der Waals surface area contributed by atoms with Gasteiger partial charge in [-0.1, -0.05) is 13.0 Å². The summed E-state index contributed by atoms with van der Waals surface area (Å²) in [6.07, 6.45) is 3.67. The van der Waals surface area contributed by atoms with E-state index in [-0.39, 0.29) is 5.91 Å². The Labute approximate surface area is 120 Å². The fraction of sp³-hybridized carbons (Fsp3) is 0.562. The summed E-state index contributed by atoms with van der Waals surface area (Å²) in [5.74, 6) is 2.19. The van der Waals surface area contributed by atoms with Gasteiger partial charge in [0.05, 0.1) is 14.2 Å². The number of hydrogen-bond acceptors (Lipinski definition) is 3. The number of benzene rings is 1. The highest BCUT2D eigenvalue weighted by Crippen LogP contribution is 2.45. The molecule has 0 heterocycles. The molecule has 0 bridgehead atoms. The lowest BCUT2D eigenvalue weighted by atomic mass is 9.96. The van der Waals surface area contributed by atoms with Crippen molar-refractivity contribution in [1.82, 2.24) is 5.32 Å². The van der Waals surface area contributed by atoms with Crippen LogP contribution in [-0.4, -0.2) is 26.7 Å². The molecule has 0 fully saturated rings. The van der Waals surface area contributed by atoms with Gasteiger partial charge in [0.1, 0.15) is 0 Å². The second-order valence-corrected chi connectivity index (χ2v) is 5.10. The Morgan fingerprint density at radius 1 is 1.35 bits per heavy atom. The third-order valence-electron chi connectivity index (χ3n) is 3.98. The zero-order chi connectivity index (χ0) is 14.5. The van der Waals surface area contributed by atoms with Crippen molar-refractivity contribution >= 4 is 5.91 Å². The van der Waals surface area contributed by atoms with Crippen LogP contribution >= 0.6 is 0 Å². The van der Waals surface area contributed by atoms with Crippen molar-refractivity contribution in [2.45, 2.75) is 38.5 Å². The number of aryl methyl sites for hydroxylation is 1. The first-order valence-electron chi connectivity index (χ1n) is 7.21. The minimum absolute atomic E-state index is 0.112. The number of ether oxygens (including phenoxy) is 2. The number of carbonyl (C=O) groups is 1. The number of fused-ring (bicyclic) bond motifs is 1. The molecule has 0 radical (unpaired) electrons. The van der Waals surface area contributed by atoms with Crippen LogP contribution < -0.4 is 14.8 Å². The number of carbonyl (C=O) groups excluding carboxylic acids is 1. The number of amides is 1. The Morgan fingerprint density at radius 2 is 2.15 bits per heavy atom. The van der Waals surface area contributed by atoms with Crippen molar-refractivity contribution in [2.24, 2.45) is 0 Å². The van der Waals surface area contributed by atoms with Gasteiger partial charge in [-0.2, -0.15) is 0 Å². The maximum atomic E-state index is 11.3. The van der Waals surface area contributed by atoms with Crippen LogP contribution in [0.15, 0.2) is 12.1 Å². The number of methoxy groups -OCH3 is 2. The molecule has 0 aromatic heterocycles. The van der Waals surface area contributed by atoms with Gasteiger partial charge in [0, 0.05) is 18.5 Å². The molecule has 20 heavy (non-hydrogen) atoms. The smallest absolute Gasteiger partial charge is 0.219 e. The average Bonchev–Trinajstić information content (AvgIpc) is 2.89. The van der Waals surface area contributed by atoms with Gasteiger partial charge in [0.2, 0.25) is 5.91 Å². The SMILES string of the molecule is CCC(=O)NCC[C@@H]1CCc2ccc(OC)c(OC)c21. The summed E-state index contributed by atoms with van der Waals surface area (Å²) in [7, 11) is 3.35. The van der Waals surface area contributed by atoms with Gasteiger partial charge in [0.25, 0.3) is 0 Å². The molecule has 0 aliphatic heterocycles. The van der Waals surface area contributed by atoms with E-state index in [0.29, 0.717) is 12.3 Å². The van der Waals surface area contributed by atoms with E-state index in [4.69, 9.17) is 9.47 Å². The molecule has 1 N–H and O–H groups in total. The van der Waals surface area contributed by atoms with Gasteiger partial charge in [-0.15, -0.1) is 0 Å². The van der Waals surface area contributed by atoms with Gasteiger partial charge < -0.3 is 14.8 Å². The minimum Gasteiger partial charge on any atom is -0.493 e. The Balaban J connectivity index is 2.12. The zero-order valence-corrected chi connectivity index (χ0v) is 12.5. The molecule has 1 aliphatic rings. The van der Waals surface area contributed by atoms with Crippen molar-refractivity contribution in [1.29, 1.82) is 0 Å². The van der Waals surface area contributed by atoms with Crippen molar-refractivity contribution in [3.8, 4) is 11.5 Å². The van der Waals surface area contributed by atoms with Crippen molar-refractivity contribution in [2.75, 3.05) is 20.8 Å². The normalized spacial score (nSPS) is 16.6. The molecule has 1 aliphatic carbocycles. The van der Waals surface area contributed by atoms with Crippen LogP contribution in [0, 0.1) is 0 Å². The van der Waals surface area contributed by atoms with E-state index < -0.39 is 0 Å². The molecule has 1 atom stereocenters. The van der Waals surface area contributed by atoms with Gasteiger partial charge in [0.15, 0.2) is 11.5 Å². The van der Waals surface area contributed by atoms with Crippen LogP contribution in [0.25, 0.3) is 0 Å². The van der Waals surface area contributed by atoms with Gasteiger partial charge in [-0.05, 0) is 36.8 Å². The molecule has 0 spiro atoms. The summed E-state index contributed by atoms with van der Waals surface area (Å²) in [6, 6.07) is 4.10. The Morgan fingerprint density at radius 3 is 2.80 bits per heavy atom. The van der Waals surface area contributed by atoms with Crippen LogP contribution in [0.5, 0.6) is 11.5 Å². The summed E-state index contributed by atoms with van der Waals surface area (Å²) < 4.78 is 10.9. The summed E-state index contributed by atoms with van der Waals surface area (Å²) in [5, 5.41) is 2.95. The summed E-state index contributed by atoms with van der Waals surface area (Å²) >= 11 is 0. The second-order valence-electron chi connectivity index (χ2n) is 5.10. The van der Waals surface area contributed by atoms with E-state index in [2.05, 4.69) is 11.4 Å². The van der Waals surface area contributed by atoms with E-state index in [1.54, 1.807) is 14.2 Å². The fourth-order valence-corrected chi connectivity index (χ4v) is 2.93. The van der Waals surface area contributed by atoms with Crippen LogP contribution in [0.2, 0.25) is 0 Å². The summed E-state index contributed by atoms with van der Waals surface area (Å²) in [4.78, 5) is 11.3. The molecule has 0 unspecified atom stereocenters. The lowest BCUT2D eigenvalue weighted by Crippen LogP contribution is -2.24. The van der Waals surface area contributed by atoms with E-state index in [1.165, 1.54) is 11.1 Å². The van der Waals surface area contributed by atoms with Crippen LogP contribution in [-0.2, 0) is 11.2 Å². The van der Waals surface area contributed by atoms with Crippen molar-refractivity contribution in [3.05, 3.63) is 23.3 Å². The molecule has 4 nitrogen and oxygen atoms in total. The number of rotatable bonds is 6. The number of hydrogen-bond donors (Lipinski definition) is 1. The topological polar surface area (TPSA) is 47.6 Å². The van der Waals surface area contributed by atoms with E-state index in [9.17, 15) is 4.79 Å². The Hall–Kier alpha value is -1.71. The molecule has 110 valence electrons. The van der Waals surface area contributed by atoms with Gasteiger partial charge >= 0.3 is 0 Å².